The third-order valence-corrected chi connectivity index (χ3v) is 4.63. The van der Waals surface area contributed by atoms with Crippen LogP contribution in [-0.4, -0.2) is 31.6 Å². The van der Waals surface area contributed by atoms with Crippen molar-refractivity contribution in [3.05, 3.63) is 53.6 Å². The lowest BCUT2D eigenvalue weighted by molar-refractivity contribution is -0.120. The first-order chi connectivity index (χ1) is 12.0. The third kappa shape index (κ3) is 5.53. The fourth-order valence-electron chi connectivity index (χ4n) is 2.06. The summed E-state index contributed by atoms with van der Waals surface area (Å²) < 4.78 is 10.4. The molecule has 2 rings (SSSR count). The van der Waals surface area contributed by atoms with Crippen LogP contribution in [0.3, 0.4) is 0 Å². The second-order valence-corrected chi connectivity index (χ2v) is 6.83. The molecule has 0 heterocycles. The van der Waals surface area contributed by atoms with Gasteiger partial charge < -0.3 is 9.47 Å². The summed E-state index contributed by atoms with van der Waals surface area (Å²) in [4.78, 5) is 13.2. The van der Waals surface area contributed by atoms with Gasteiger partial charge in [-0.05, 0) is 38.1 Å². The molecule has 0 bridgehead atoms. The molecule has 0 spiro atoms. The number of aryl methyl sites for hydroxylation is 1. The van der Waals surface area contributed by atoms with Crippen molar-refractivity contribution in [2.45, 2.75) is 24.0 Å². The van der Waals surface area contributed by atoms with Crippen LogP contribution in [0.4, 0.5) is 0 Å². The smallest absolute Gasteiger partial charge is 0.253 e. The van der Waals surface area contributed by atoms with Crippen molar-refractivity contribution in [2.75, 3.05) is 14.2 Å². The SMILES string of the molecule is COc1ccc(/C=N\NC(=O)[C@@H](C)Sc2ccc(C)cc2)c(OC)c1. The lowest BCUT2D eigenvalue weighted by Gasteiger charge is -2.10. The maximum absolute atomic E-state index is 12.2. The molecule has 0 aromatic heterocycles. The van der Waals surface area contributed by atoms with E-state index in [1.54, 1.807) is 26.5 Å². The van der Waals surface area contributed by atoms with Crippen LogP contribution in [-0.2, 0) is 4.79 Å². The Morgan fingerprint density at radius 3 is 2.52 bits per heavy atom. The Bertz CT molecular complexity index is 745. The molecule has 0 aliphatic carbocycles. The van der Waals surface area contributed by atoms with E-state index in [2.05, 4.69) is 10.5 Å². The Hall–Kier alpha value is -2.47. The number of hydrogen-bond donors (Lipinski definition) is 1. The number of benzene rings is 2. The fraction of sp³-hybridized carbons (Fsp3) is 0.263. The molecule has 1 amide bonds. The number of ether oxygens (including phenoxy) is 2. The van der Waals surface area contributed by atoms with Gasteiger partial charge in [-0.15, -0.1) is 11.8 Å². The van der Waals surface area contributed by atoms with Gasteiger partial charge in [-0.1, -0.05) is 17.7 Å². The molecule has 132 valence electrons. The highest BCUT2D eigenvalue weighted by molar-refractivity contribution is 8.00. The van der Waals surface area contributed by atoms with Crippen molar-refractivity contribution in [2.24, 2.45) is 5.10 Å². The van der Waals surface area contributed by atoms with Gasteiger partial charge >= 0.3 is 0 Å². The fourth-order valence-corrected chi connectivity index (χ4v) is 2.92. The monoisotopic (exact) mass is 358 g/mol. The quantitative estimate of drug-likeness (QED) is 0.466. The van der Waals surface area contributed by atoms with Gasteiger partial charge in [0.2, 0.25) is 0 Å². The molecule has 6 heteroatoms. The van der Waals surface area contributed by atoms with Crippen LogP contribution >= 0.6 is 11.8 Å². The van der Waals surface area contributed by atoms with Gasteiger partial charge in [0.05, 0.1) is 25.7 Å². The lowest BCUT2D eigenvalue weighted by atomic mass is 10.2. The molecule has 0 aliphatic rings. The number of methoxy groups -OCH3 is 2. The van der Waals surface area contributed by atoms with Crippen molar-refractivity contribution < 1.29 is 14.3 Å². The second kappa shape index (κ2) is 9.13. The number of thioether (sulfide) groups is 1. The minimum atomic E-state index is -0.252. The molecule has 25 heavy (non-hydrogen) atoms. The predicted octanol–water partition coefficient (Wildman–Crippen LogP) is 3.64. The summed E-state index contributed by atoms with van der Waals surface area (Å²) in [6.07, 6.45) is 1.55. The van der Waals surface area contributed by atoms with E-state index in [1.807, 2.05) is 50.2 Å². The first-order valence-electron chi connectivity index (χ1n) is 7.81. The maximum Gasteiger partial charge on any atom is 0.253 e. The number of carbonyl (C=O) groups is 1. The van der Waals surface area contributed by atoms with E-state index in [9.17, 15) is 4.79 Å². The van der Waals surface area contributed by atoms with Gasteiger partial charge in [-0.2, -0.15) is 5.10 Å². The molecule has 0 aliphatic heterocycles. The topological polar surface area (TPSA) is 59.9 Å². The minimum Gasteiger partial charge on any atom is -0.497 e. The zero-order valence-corrected chi connectivity index (χ0v) is 15.6. The Morgan fingerprint density at radius 1 is 1.16 bits per heavy atom. The van der Waals surface area contributed by atoms with Gasteiger partial charge in [-0.3, -0.25) is 4.79 Å². The van der Waals surface area contributed by atoms with E-state index < -0.39 is 0 Å². The molecular formula is C19H22N2O3S. The number of hydrogen-bond acceptors (Lipinski definition) is 5. The number of rotatable bonds is 7. The summed E-state index contributed by atoms with van der Waals surface area (Å²) in [5.41, 5.74) is 4.51. The van der Waals surface area contributed by atoms with E-state index in [0.29, 0.717) is 11.5 Å². The van der Waals surface area contributed by atoms with Crippen LogP contribution in [0, 0.1) is 6.92 Å². The molecule has 0 saturated carbocycles. The van der Waals surface area contributed by atoms with Gasteiger partial charge in [0.25, 0.3) is 5.91 Å². The Labute approximate surface area is 152 Å². The molecule has 1 atom stereocenters. The standard InChI is InChI=1S/C19H22N2O3S/c1-13-5-9-17(10-6-13)25-14(2)19(22)21-20-12-15-7-8-16(23-3)11-18(15)24-4/h5-12,14H,1-4H3,(H,21,22)/b20-12-/t14-/m1/s1. The summed E-state index contributed by atoms with van der Waals surface area (Å²) in [5.74, 6) is 1.16. The molecule has 0 saturated heterocycles. The zero-order valence-electron chi connectivity index (χ0n) is 14.8. The Morgan fingerprint density at radius 2 is 1.88 bits per heavy atom. The second-order valence-electron chi connectivity index (χ2n) is 5.42. The largest absolute Gasteiger partial charge is 0.497 e. The molecule has 2 aromatic rings. The predicted molar refractivity (Wildman–Crippen MR) is 102 cm³/mol. The van der Waals surface area contributed by atoms with Crippen LogP contribution < -0.4 is 14.9 Å². The number of nitrogens with one attached hydrogen (secondary N) is 1. The summed E-state index contributed by atoms with van der Waals surface area (Å²) in [7, 11) is 3.17. The highest BCUT2D eigenvalue weighted by atomic mass is 32.2. The number of nitrogens with zero attached hydrogens (tertiary/aromatic N) is 1. The van der Waals surface area contributed by atoms with Crippen molar-refractivity contribution in [1.29, 1.82) is 0 Å². The van der Waals surface area contributed by atoms with Crippen LogP contribution in [0.2, 0.25) is 0 Å². The van der Waals surface area contributed by atoms with Gasteiger partial charge in [-0.25, -0.2) is 5.43 Å². The van der Waals surface area contributed by atoms with Crippen molar-refractivity contribution >= 4 is 23.9 Å². The molecule has 5 nitrogen and oxygen atoms in total. The molecule has 1 N–H and O–H groups in total. The summed E-state index contributed by atoms with van der Waals surface area (Å²) >= 11 is 1.49. The van der Waals surface area contributed by atoms with Crippen LogP contribution in [0.15, 0.2) is 52.5 Å². The molecule has 0 unspecified atom stereocenters. The van der Waals surface area contributed by atoms with Gasteiger partial charge in [0, 0.05) is 16.5 Å². The molecule has 2 aromatic carbocycles. The van der Waals surface area contributed by atoms with E-state index in [-0.39, 0.29) is 11.2 Å². The average Bonchev–Trinajstić information content (AvgIpc) is 2.63. The van der Waals surface area contributed by atoms with E-state index in [1.165, 1.54) is 17.3 Å². The Kier molecular flexibility index (Phi) is 6.89. The average molecular weight is 358 g/mol. The summed E-state index contributed by atoms with van der Waals surface area (Å²) in [5, 5.41) is 3.77. The summed E-state index contributed by atoms with van der Waals surface area (Å²) in [6.45, 7) is 3.89. The lowest BCUT2D eigenvalue weighted by Crippen LogP contribution is -2.26. The molecule has 0 radical (unpaired) electrons. The Balaban J connectivity index is 1.94. The first-order valence-corrected chi connectivity index (χ1v) is 8.69. The molecule has 0 fully saturated rings. The van der Waals surface area contributed by atoms with Crippen molar-refractivity contribution in [3.63, 3.8) is 0 Å². The van der Waals surface area contributed by atoms with Gasteiger partial charge in [0.1, 0.15) is 11.5 Å². The van der Waals surface area contributed by atoms with Crippen LogP contribution in [0.25, 0.3) is 0 Å². The van der Waals surface area contributed by atoms with E-state index >= 15 is 0 Å². The minimum absolute atomic E-state index is 0.158. The van der Waals surface area contributed by atoms with Crippen molar-refractivity contribution in [1.82, 2.24) is 5.43 Å². The number of amides is 1. The van der Waals surface area contributed by atoms with Crippen molar-refractivity contribution in [3.8, 4) is 11.5 Å². The number of hydrazone groups is 1. The molecular weight excluding hydrogens is 336 g/mol. The zero-order chi connectivity index (χ0) is 18.2. The normalized spacial score (nSPS) is 12.0. The highest BCUT2D eigenvalue weighted by Gasteiger charge is 2.13. The number of carbonyl (C=O) groups excluding carboxylic acids is 1. The van der Waals surface area contributed by atoms with Gasteiger partial charge in [0.15, 0.2) is 0 Å². The third-order valence-electron chi connectivity index (χ3n) is 3.52. The van der Waals surface area contributed by atoms with E-state index in [0.717, 1.165) is 10.5 Å². The van der Waals surface area contributed by atoms with Crippen LogP contribution in [0.5, 0.6) is 11.5 Å². The summed E-state index contributed by atoms with van der Waals surface area (Å²) in [6, 6.07) is 13.5. The first kappa shape index (κ1) is 18.9. The maximum atomic E-state index is 12.2. The van der Waals surface area contributed by atoms with E-state index in [4.69, 9.17) is 9.47 Å². The highest BCUT2D eigenvalue weighted by Crippen LogP contribution is 2.24. The van der Waals surface area contributed by atoms with Crippen LogP contribution in [0.1, 0.15) is 18.1 Å².